The third-order valence-electron chi connectivity index (χ3n) is 2.60. The molecule has 0 aliphatic rings. The Balaban J connectivity index is 2.02. The van der Waals surface area contributed by atoms with Gasteiger partial charge in [-0.25, -0.2) is 9.78 Å². The van der Waals surface area contributed by atoms with Gasteiger partial charge in [-0.3, -0.25) is 4.79 Å². The minimum atomic E-state index is -1.01. The second-order valence-corrected chi connectivity index (χ2v) is 6.76. The van der Waals surface area contributed by atoms with E-state index in [9.17, 15) is 9.59 Å². The van der Waals surface area contributed by atoms with E-state index in [-0.39, 0.29) is 11.9 Å². The number of aromatic nitrogens is 1. The average molecular weight is 322 g/mol. The van der Waals surface area contributed by atoms with Crippen LogP contribution in [0, 0.1) is 6.92 Å². The van der Waals surface area contributed by atoms with Crippen LogP contribution in [0.15, 0.2) is 24.4 Å². The molecule has 0 aliphatic carbocycles. The number of carboxylic acids is 1. The first-order valence-corrected chi connectivity index (χ1v) is 7.83. The highest BCUT2D eigenvalue weighted by atomic mass is 32.1. The molecule has 2 aromatic rings. The summed E-state index contributed by atoms with van der Waals surface area (Å²) in [7, 11) is 0. The average Bonchev–Trinajstić information content (AvgIpc) is 3.05. The number of hydrogen-bond acceptors (Lipinski definition) is 5. The Morgan fingerprint density at radius 1 is 1.38 bits per heavy atom. The van der Waals surface area contributed by atoms with Crippen LogP contribution in [0.1, 0.15) is 37.4 Å². The number of carbonyl (C=O) groups is 2. The number of nitrogens with zero attached hydrogens (tertiary/aromatic N) is 1. The van der Waals surface area contributed by atoms with E-state index in [0.717, 1.165) is 20.8 Å². The Morgan fingerprint density at radius 2 is 2.14 bits per heavy atom. The third-order valence-corrected chi connectivity index (χ3v) is 4.74. The predicted molar refractivity (Wildman–Crippen MR) is 83.7 cm³/mol. The molecule has 2 N–H and O–H groups in total. The fourth-order valence-corrected chi connectivity index (χ4v) is 3.21. The summed E-state index contributed by atoms with van der Waals surface area (Å²) in [6.07, 6.45) is 4.30. The summed E-state index contributed by atoms with van der Waals surface area (Å²) < 4.78 is 0. The van der Waals surface area contributed by atoms with Gasteiger partial charge >= 0.3 is 5.97 Å². The lowest BCUT2D eigenvalue weighted by Gasteiger charge is -2.09. The first kappa shape index (κ1) is 15.4. The van der Waals surface area contributed by atoms with E-state index in [4.69, 9.17) is 5.11 Å². The maximum absolute atomic E-state index is 12.1. The molecule has 2 heterocycles. The van der Waals surface area contributed by atoms with Crippen molar-refractivity contribution in [3.63, 3.8) is 0 Å². The normalized spacial score (nSPS) is 12.5. The van der Waals surface area contributed by atoms with Crippen LogP contribution in [-0.4, -0.2) is 22.0 Å². The molecule has 5 nitrogen and oxygen atoms in total. The van der Waals surface area contributed by atoms with Gasteiger partial charge in [0, 0.05) is 22.0 Å². The van der Waals surface area contributed by atoms with Crippen LogP contribution in [-0.2, 0) is 4.79 Å². The second kappa shape index (κ2) is 6.64. The van der Waals surface area contributed by atoms with Crippen molar-refractivity contribution in [2.45, 2.75) is 19.9 Å². The third kappa shape index (κ3) is 4.24. The molecule has 0 fully saturated rings. The number of hydrogen-bond donors (Lipinski definition) is 2. The molecule has 2 aromatic heterocycles. The van der Waals surface area contributed by atoms with Crippen molar-refractivity contribution < 1.29 is 14.7 Å². The van der Waals surface area contributed by atoms with Crippen LogP contribution >= 0.6 is 22.7 Å². The van der Waals surface area contributed by atoms with E-state index < -0.39 is 5.97 Å². The van der Waals surface area contributed by atoms with E-state index in [1.165, 1.54) is 17.4 Å². The lowest BCUT2D eigenvalue weighted by molar-refractivity contribution is -0.131. The Labute approximate surface area is 130 Å². The molecular formula is C14H14N2O3S2. The fraction of sp³-hybridized carbons (Fsp3) is 0.214. The molecule has 0 radical (unpaired) electrons. The first-order chi connectivity index (χ1) is 9.95. The van der Waals surface area contributed by atoms with E-state index in [1.807, 2.05) is 13.8 Å². The summed E-state index contributed by atoms with van der Waals surface area (Å²) in [5.41, 5.74) is 0. The van der Waals surface area contributed by atoms with E-state index >= 15 is 0 Å². The highest BCUT2D eigenvalue weighted by molar-refractivity contribution is 7.14. The van der Waals surface area contributed by atoms with E-state index in [1.54, 1.807) is 29.7 Å². The molecule has 1 amide bonds. The number of amides is 1. The summed E-state index contributed by atoms with van der Waals surface area (Å²) in [5, 5.41) is 12.3. The van der Waals surface area contributed by atoms with Gasteiger partial charge in [-0.1, -0.05) is 0 Å². The zero-order valence-electron chi connectivity index (χ0n) is 11.5. The SMILES string of the molecule is Cc1cnc(C(C)NC(=O)c2ccc(/C=C/C(=O)O)s2)s1. The molecule has 2 rings (SSSR count). The molecule has 0 aliphatic heterocycles. The number of nitrogens with one attached hydrogen (secondary N) is 1. The summed E-state index contributed by atoms with van der Waals surface area (Å²) >= 11 is 2.80. The zero-order valence-corrected chi connectivity index (χ0v) is 13.1. The van der Waals surface area contributed by atoms with Crippen LogP contribution in [0.25, 0.3) is 6.08 Å². The Morgan fingerprint density at radius 3 is 2.76 bits per heavy atom. The van der Waals surface area contributed by atoms with Crippen LogP contribution in [0.2, 0.25) is 0 Å². The van der Waals surface area contributed by atoms with Gasteiger partial charge in [-0.2, -0.15) is 0 Å². The van der Waals surface area contributed by atoms with Gasteiger partial charge in [0.2, 0.25) is 0 Å². The number of thiazole rings is 1. The summed E-state index contributed by atoms with van der Waals surface area (Å²) in [5.74, 6) is -1.20. The predicted octanol–water partition coefficient (Wildman–Crippen LogP) is 3.10. The summed E-state index contributed by atoms with van der Waals surface area (Å²) in [6, 6.07) is 3.25. The fourth-order valence-electron chi connectivity index (χ4n) is 1.62. The second-order valence-electron chi connectivity index (χ2n) is 4.38. The van der Waals surface area contributed by atoms with Crippen molar-refractivity contribution in [3.8, 4) is 0 Å². The molecular weight excluding hydrogens is 308 g/mol. The molecule has 0 aromatic carbocycles. The van der Waals surface area contributed by atoms with Crippen molar-refractivity contribution in [3.05, 3.63) is 44.0 Å². The molecule has 1 unspecified atom stereocenters. The largest absolute Gasteiger partial charge is 0.478 e. The van der Waals surface area contributed by atoms with Crippen LogP contribution < -0.4 is 5.32 Å². The quantitative estimate of drug-likeness (QED) is 0.829. The van der Waals surface area contributed by atoms with Crippen LogP contribution in [0.5, 0.6) is 0 Å². The first-order valence-electron chi connectivity index (χ1n) is 6.19. The van der Waals surface area contributed by atoms with Gasteiger partial charge < -0.3 is 10.4 Å². The minimum Gasteiger partial charge on any atom is -0.478 e. The van der Waals surface area contributed by atoms with E-state index in [2.05, 4.69) is 10.3 Å². The number of aliphatic carboxylic acids is 1. The maximum Gasteiger partial charge on any atom is 0.328 e. The Hall–Kier alpha value is -1.99. The maximum atomic E-state index is 12.1. The number of rotatable bonds is 5. The van der Waals surface area contributed by atoms with Gasteiger partial charge in [0.15, 0.2) is 0 Å². The molecule has 0 spiro atoms. The smallest absolute Gasteiger partial charge is 0.328 e. The number of carbonyl (C=O) groups excluding carboxylic acids is 1. The highest BCUT2D eigenvalue weighted by Gasteiger charge is 2.15. The number of aryl methyl sites for hydroxylation is 1. The molecule has 21 heavy (non-hydrogen) atoms. The van der Waals surface area contributed by atoms with Crippen molar-refractivity contribution in [1.29, 1.82) is 0 Å². The number of carboxylic acid groups (broad SMARTS) is 1. The van der Waals surface area contributed by atoms with Crippen molar-refractivity contribution in [2.75, 3.05) is 0 Å². The Kier molecular flexibility index (Phi) is 4.87. The van der Waals surface area contributed by atoms with Crippen molar-refractivity contribution in [2.24, 2.45) is 0 Å². The lowest BCUT2D eigenvalue weighted by atomic mass is 10.3. The van der Waals surface area contributed by atoms with Gasteiger partial charge in [0.1, 0.15) is 5.01 Å². The standard InChI is InChI=1S/C14H14N2O3S2/c1-8-7-15-14(20-8)9(2)16-13(19)11-5-3-10(21-11)4-6-12(17)18/h3-7,9H,1-2H3,(H,16,19)(H,17,18)/b6-4+. The Bertz CT molecular complexity index is 688. The zero-order chi connectivity index (χ0) is 15.4. The molecule has 110 valence electrons. The summed E-state index contributed by atoms with van der Waals surface area (Å²) in [6.45, 7) is 3.85. The lowest BCUT2D eigenvalue weighted by Crippen LogP contribution is -2.25. The monoisotopic (exact) mass is 322 g/mol. The number of thiophene rings is 1. The van der Waals surface area contributed by atoms with Crippen LogP contribution in [0.3, 0.4) is 0 Å². The molecule has 7 heteroatoms. The highest BCUT2D eigenvalue weighted by Crippen LogP contribution is 2.22. The van der Waals surface area contributed by atoms with Gasteiger partial charge in [-0.15, -0.1) is 22.7 Å². The van der Waals surface area contributed by atoms with E-state index in [0.29, 0.717) is 4.88 Å². The van der Waals surface area contributed by atoms with Crippen LogP contribution in [0.4, 0.5) is 0 Å². The molecule has 0 saturated heterocycles. The molecule has 1 atom stereocenters. The van der Waals surface area contributed by atoms with Crippen molar-refractivity contribution in [1.82, 2.24) is 10.3 Å². The van der Waals surface area contributed by atoms with Crippen molar-refractivity contribution >= 4 is 40.6 Å². The van der Waals surface area contributed by atoms with Gasteiger partial charge in [0.25, 0.3) is 5.91 Å². The topological polar surface area (TPSA) is 79.3 Å². The molecule has 0 saturated carbocycles. The van der Waals surface area contributed by atoms with Gasteiger partial charge in [-0.05, 0) is 32.1 Å². The minimum absolute atomic E-state index is 0.156. The molecule has 0 bridgehead atoms. The van der Waals surface area contributed by atoms with Gasteiger partial charge in [0.05, 0.1) is 10.9 Å². The summed E-state index contributed by atoms with van der Waals surface area (Å²) in [4.78, 5) is 29.2.